The molecule has 4 heteroatoms. The molecule has 0 aliphatic carbocycles. The molecule has 0 saturated carbocycles. The molecular weight excluding hydrogens is 180 g/mol. The molecule has 0 aromatic rings. The highest BCUT2D eigenvalue weighted by atomic mass is 16.5. The van der Waals surface area contributed by atoms with Crippen LogP contribution in [0, 0.1) is 0 Å². The van der Waals surface area contributed by atoms with Crippen LogP contribution in [0.5, 0.6) is 0 Å². The zero-order valence-corrected chi connectivity index (χ0v) is 8.85. The third-order valence-corrected chi connectivity index (χ3v) is 3.26. The lowest BCUT2D eigenvalue weighted by Crippen LogP contribution is -2.49. The third kappa shape index (κ3) is 2.25. The molecule has 0 aromatic carbocycles. The second-order valence-corrected chi connectivity index (χ2v) is 4.38. The van der Waals surface area contributed by atoms with Gasteiger partial charge in [-0.25, -0.2) is 0 Å². The molecule has 2 rings (SSSR count). The molecule has 2 aliphatic heterocycles. The summed E-state index contributed by atoms with van der Waals surface area (Å²) in [7, 11) is 2.17. The van der Waals surface area contributed by atoms with Crippen molar-refractivity contribution in [1.82, 2.24) is 9.80 Å². The van der Waals surface area contributed by atoms with E-state index in [4.69, 9.17) is 9.84 Å². The predicted octanol–water partition coefficient (Wildman–Crippen LogP) is -0.616. The van der Waals surface area contributed by atoms with E-state index in [1.54, 1.807) is 0 Å². The SMILES string of the molecule is CN1CCC(N2CCOC(CO)C2)C1. The van der Waals surface area contributed by atoms with Crippen LogP contribution in [0.1, 0.15) is 6.42 Å². The Kier molecular flexibility index (Phi) is 3.38. The first-order chi connectivity index (χ1) is 6.79. The molecule has 0 aromatic heterocycles. The maximum absolute atomic E-state index is 9.04. The molecule has 14 heavy (non-hydrogen) atoms. The van der Waals surface area contributed by atoms with Gasteiger partial charge in [0, 0.05) is 25.7 Å². The van der Waals surface area contributed by atoms with Crippen LogP contribution >= 0.6 is 0 Å². The first-order valence-corrected chi connectivity index (χ1v) is 5.44. The second kappa shape index (κ2) is 4.57. The zero-order valence-electron chi connectivity index (χ0n) is 8.85. The fourth-order valence-corrected chi connectivity index (χ4v) is 2.39. The van der Waals surface area contributed by atoms with Crippen LogP contribution in [0.3, 0.4) is 0 Å². The predicted molar refractivity (Wildman–Crippen MR) is 54.3 cm³/mol. The number of morpholine rings is 1. The van der Waals surface area contributed by atoms with Crippen molar-refractivity contribution in [2.45, 2.75) is 18.6 Å². The maximum atomic E-state index is 9.04. The van der Waals surface area contributed by atoms with Crippen molar-refractivity contribution in [2.24, 2.45) is 0 Å². The molecule has 2 fully saturated rings. The quantitative estimate of drug-likeness (QED) is 0.645. The summed E-state index contributed by atoms with van der Waals surface area (Å²) >= 11 is 0. The van der Waals surface area contributed by atoms with Gasteiger partial charge in [-0.1, -0.05) is 0 Å². The van der Waals surface area contributed by atoms with Crippen molar-refractivity contribution in [3.05, 3.63) is 0 Å². The number of nitrogens with zero attached hydrogens (tertiary/aromatic N) is 2. The van der Waals surface area contributed by atoms with Gasteiger partial charge in [-0.3, -0.25) is 4.90 Å². The molecule has 2 saturated heterocycles. The number of likely N-dealkylation sites (N-methyl/N-ethyl adjacent to an activating group) is 1. The van der Waals surface area contributed by atoms with Gasteiger partial charge in [0.1, 0.15) is 0 Å². The summed E-state index contributed by atoms with van der Waals surface area (Å²) in [5, 5.41) is 9.04. The smallest absolute Gasteiger partial charge is 0.0932 e. The standard InChI is InChI=1S/C10H20N2O2/c1-11-3-2-9(6-11)12-4-5-14-10(7-12)8-13/h9-10,13H,2-8H2,1H3. The first-order valence-electron chi connectivity index (χ1n) is 5.44. The number of rotatable bonds is 2. The molecule has 1 N–H and O–H groups in total. The van der Waals surface area contributed by atoms with Gasteiger partial charge >= 0.3 is 0 Å². The summed E-state index contributed by atoms with van der Waals surface area (Å²) in [5.74, 6) is 0. The molecule has 82 valence electrons. The van der Waals surface area contributed by atoms with E-state index in [9.17, 15) is 0 Å². The van der Waals surface area contributed by atoms with Crippen molar-refractivity contribution in [1.29, 1.82) is 0 Å². The lowest BCUT2D eigenvalue weighted by atomic mass is 10.2. The molecule has 0 amide bonds. The number of ether oxygens (including phenoxy) is 1. The lowest BCUT2D eigenvalue weighted by Gasteiger charge is -2.36. The van der Waals surface area contributed by atoms with Crippen molar-refractivity contribution in [3.63, 3.8) is 0 Å². The maximum Gasteiger partial charge on any atom is 0.0932 e. The van der Waals surface area contributed by atoms with Crippen LogP contribution in [0.25, 0.3) is 0 Å². The first kappa shape index (κ1) is 10.4. The van der Waals surface area contributed by atoms with Crippen molar-refractivity contribution in [3.8, 4) is 0 Å². The molecule has 0 spiro atoms. The van der Waals surface area contributed by atoms with E-state index in [0.717, 1.165) is 26.2 Å². The Morgan fingerprint density at radius 1 is 1.36 bits per heavy atom. The summed E-state index contributed by atoms with van der Waals surface area (Å²) in [4.78, 5) is 4.84. The molecule has 4 nitrogen and oxygen atoms in total. The summed E-state index contributed by atoms with van der Waals surface area (Å²) < 4.78 is 5.44. The van der Waals surface area contributed by atoms with E-state index >= 15 is 0 Å². The highest BCUT2D eigenvalue weighted by Gasteiger charge is 2.29. The summed E-state index contributed by atoms with van der Waals surface area (Å²) in [5.41, 5.74) is 0. The van der Waals surface area contributed by atoms with Crippen LogP contribution in [0.4, 0.5) is 0 Å². The molecule has 0 radical (unpaired) electrons. The van der Waals surface area contributed by atoms with E-state index in [0.29, 0.717) is 6.04 Å². The van der Waals surface area contributed by atoms with Gasteiger partial charge in [0.15, 0.2) is 0 Å². The number of hydrogen-bond acceptors (Lipinski definition) is 4. The molecule has 2 atom stereocenters. The Morgan fingerprint density at radius 2 is 2.21 bits per heavy atom. The van der Waals surface area contributed by atoms with Gasteiger partial charge in [0.25, 0.3) is 0 Å². The van der Waals surface area contributed by atoms with Crippen LogP contribution in [0.2, 0.25) is 0 Å². The van der Waals surface area contributed by atoms with E-state index in [-0.39, 0.29) is 12.7 Å². The summed E-state index contributed by atoms with van der Waals surface area (Å²) in [6.07, 6.45) is 1.30. The second-order valence-electron chi connectivity index (χ2n) is 4.38. The number of aliphatic hydroxyl groups excluding tert-OH is 1. The number of hydrogen-bond donors (Lipinski definition) is 1. The average molecular weight is 200 g/mol. The molecule has 2 heterocycles. The number of likely N-dealkylation sites (tertiary alicyclic amines) is 1. The van der Waals surface area contributed by atoms with E-state index in [1.807, 2.05) is 0 Å². The lowest BCUT2D eigenvalue weighted by molar-refractivity contribution is -0.0633. The molecule has 0 bridgehead atoms. The average Bonchev–Trinajstić information content (AvgIpc) is 2.65. The minimum atomic E-state index is 0.0367. The van der Waals surface area contributed by atoms with Crippen LogP contribution in [0.15, 0.2) is 0 Å². The Labute approximate surface area is 85.4 Å². The van der Waals surface area contributed by atoms with Crippen molar-refractivity contribution >= 4 is 0 Å². The highest BCUT2D eigenvalue weighted by molar-refractivity contribution is 4.84. The minimum Gasteiger partial charge on any atom is -0.394 e. The van der Waals surface area contributed by atoms with Gasteiger partial charge in [0.05, 0.1) is 19.3 Å². The van der Waals surface area contributed by atoms with Crippen LogP contribution in [-0.2, 0) is 4.74 Å². The Balaban J connectivity index is 1.84. The zero-order chi connectivity index (χ0) is 9.97. The van der Waals surface area contributed by atoms with E-state index < -0.39 is 0 Å². The van der Waals surface area contributed by atoms with Crippen molar-refractivity contribution in [2.75, 3.05) is 46.4 Å². The Bertz CT molecular complexity index is 189. The van der Waals surface area contributed by atoms with E-state index in [2.05, 4.69) is 16.8 Å². The normalized spacial score (nSPS) is 36.4. The summed E-state index contributed by atoms with van der Waals surface area (Å²) in [6.45, 7) is 5.21. The Morgan fingerprint density at radius 3 is 2.86 bits per heavy atom. The number of aliphatic hydroxyl groups is 1. The highest BCUT2D eigenvalue weighted by Crippen LogP contribution is 2.17. The molecule has 2 unspecified atom stereocenters. The minimum absolute atomic E-state index is 0.0367. The Hall–Kier alpha value is -0.160. The summed E-state index contributed by atoms with van der Waals surface area (Å²) in [6, 6.07) is 0.679. The van der Waals surface area contributed by atoms with Gasteiger partial charge < -0.3 is 14.7 Å². The molecular formula is C10H20N2O2. The topological polar surface area (TPSA) is 35.9 Å². The van der Waals surface area contributed by atoms with Gasteiger partial charge in [-0.15, -0.1) is 0 Å². The van der Waals surface area contributed by atoms with Crippen LogP contribution < -0.4 is 0 Å². The van der Waals surface area contributed by atoms with Crippen molar-refractivity contribution < 1.29 is 9.84 Å². The fraction of sp³-hybridized carbons (Fsp3) is 1.00. The van der Waals surface area contributed by atoms with Gasteiger partial charge in [0.2, 0.25) is 0 Å². The monoisotopic (exact) mass is 200 g/mol. The fourth-order valence-electron chi connectivity index (χ4n) is 2.39. The van der Waals surface area contributed by atoms with E-state index in [1.165, 1.54) is 13.0 Å². The third-order valence-electron chi connectivity index (χ3n) is 3.26. The molecule has 2 aliphatic rings. The largest absolute Gasteiger partial charge is 0.394 e. The van der Waals surface area contributed by atoms with Gasteiger partial charge in [-0.2, -0.15) is 0 Å². The van der Waals surface area contributed by atoms with Crippen LogP contribution in [-0.4, -0.2) is 73.5 Å². The van der Waals surface area contributed by atoms with Gasteiger partial charge in [-0.05, 0) is 20.0 Å².